The van der Waals surface area contributed by atoms with Crippen LogP contribution in [-0.2, 0) is 19.0 Å². The predicted molar refractivity (Wildman–Crippen MR) is 209 cm³/mol. The lowest BCUT2D eigenvalue weighted by Gasteiger charge is -2.19. The maximum atomic E-state index is 12.4. The molecule has 0 saturated heterocycles. The summed E-state index contributed by atoms with van der Waals surface area (Å²) in [6.45, 7) is 14.2. The molecule has 0 spiro atoms. The van der Waals surface area contributed by atoms with Crippen molar-refractivity contribution in [1.29, 1.82) is 0 Å². The lowest BCUT2D eigenvalue weighted by Crippen LogP contribution is -2.28. The second kappa shape index (κ2) is 40.8. The molecular formula is C43H87NO4. The van der Waals surface area contributed by atoms with Crippen LogP contribution in [0.3, 0.4) is 0 Å². The molecule has 0 saturated carbocycles. The molecule has 0 amide bonds. The molecule has 0 aromatic rings. The quantitative estimate of drug-likeness (QED) is 0.0475. The van der Waals surface area contributed by atoms with E-state index >= 15 is 0 Å². The van der Waals surface area contributed by atoms with E-state index in [0.717, 1.165) is 52.1 Å². The standard InChI is InChI=1S/C43H87NO4/c1-5-9-11-13-15-17-19-21-23-25-27-29-31-33-38-46-40-42(41-48-43(45)36-35-37-44(7-3)8-4)47-39-34-32-30-28-26-24-22-20-18-16-14-12-10-6-2/h42H,5-41H2,1-4H3. The number of hydrogen-bond donors (Lipinski definition) is 0. The Hall–Kier alpha value is -0.650. The van der Waals surface area contributed by atoms with Gasteiger partial charge in [-0.3, -0.25) is 4.79 Å². The SMILES string of the molecule is CCCCCCCCCCCCCCCCOCC(COC(=O)CCCN(CC)CC)OCCCCCCCCCCCCCCCC. The van der Waals surface area contributed by atoms with Gasteiger partial charge in [-0.1, -0.05) is 195 Å². The van der Waals surface area contributed by atoms with Gasteiger partial charge in [0.05, 0.1) is 6.61 Å². The van der Waals surface area contributed by atoms with Crippen molar-refractivity contribution in [1.82, 2.24) is 4.90 Å². The van der Waals surface area contributed by atoms with Gasteiger partial charge >= 0.3 is 5.97 Å². The highest BCUT2D eigenvalue weighted by molar-refractivity contribution is 5.69. The van der Waals surface area contributed by atoms with E-state index in [0.29, 0.717) is 19.6 Å². The number of rotatable bonds is 41. The van der Waals surface area contributed by atoms with Crippen molar-refractivity contribution in [3.8, 4) is 0 Å². The molecule has 0 aliphatic heterocycles. The Morgan fingerprint density at radius 3 is 1.23 bits per heavy atom. The summed E-state index contributed by atoms with van der Waals surface area (Å²) in [6, 6.07) is 0. The largest absolute Gasteiger partial charge is 0.463 e. The predicted octanol–water partition coefficient (Wildman–Crippen LogP) is 13.0. The normalized spacial score (nSPS) is 12.3. The van der Waals surface area contributed by atoms with Gasteiger partial charge in [0, 0.05) is 19.6 Å². The highest BCUT2D eigenvalue weighted by Crippen LogP contribution is 2.15. The molecule has 0 aliphatic carbocycles. The first-order chi connectivity index (χ1) is 23.7. The van der Waals surface area contributed by atoms with Crippen LogP contribution in [0, 0.1) is 0 Å². The summed E-state index contributed by atoms with van der Waals surface area (Å²) >= 11 is 0. The van der Waals surface area contributed by atoms with Crippen LogP contribution in [0.5, 0.6) is 0 Å². The van der Waals surface area contributed by atoms with Gasteiger partial charge in [0.15, 0.2) is 0 Å². The molecule has 0 aliphatic rings. The van der Waals surface area contributed by atoms with Crippen LogP contribution < -0.4 is 0 Å². The zero-order chi connectivity index (χ0) is 35.0. The minimum Gasteiger partial charge on any atom is -0.463 e. The third-order valence-electron chi connectivity index (χ3n) is 9.98. The molecule has 0 rings (SSSR count). The van der Waals surface area contributed by atoms with Crippen LogP contribution in [0.15, 0.2) is 0 Å². The fourth-order valence-corrected chi connectivity index (χ4v) is 6.55. The van der Waals surface area contributed by atoms with E-state index in [2.05, 4.69) is 32.6 Å². The maximum absolute atomic E-state index is 12.4. The Balaban J connectivity index is 4.01. The van der Waals surface area contributed by atoms with Crippen LogP contribution in [0.1, 0.15) is 220 Å². The van der Waals surface area contributed by atoms with Gasteiger partial charge in [-0.25, -0.2) is 0 Å². The topological polar surface area (TPSA) is 48.0 Å². The first-order valence-electron chi connectivity index (χ1n) is 21.7. The number of nitrogens with zero attached hydrogens (tertiary/aromatic N) is 1. The van der Waals surface area contributed by atoms with Gasteiger partial charge in [-0.15, -0.1) is 0 Å². The number of carbonyl (C=O) groups excluding carboxylic acids is 1. The van der Waals surface area contributed by atoms with E-state index in [1.807, 2.05) is 0 Å². The molecule has 0 N–H and O–H groups in total. The van der Waals surface area contributed by atoms with Gasteiger partial charge in [-0.2, -0.15) is 0 Å². The van der Waals surface area contributed by atoms with E-state index in [1.54, 1.807) is 0 Å². The van der Waals surface area contributed by atoms with E-state index < -0.39 is 0 Å². The van der Waals surface area contributed by atoms with Crippen molar-refractivity contribution in [3.63, 3.8) is 0 Å². The summed E-state index contributed by atoms with van der Waals surface area (Å²) in [6.07, 6.45) is 39.3. The molecule has 0 aromatic heterocycles. The minimum atomic E-state index is -0.162. The fraction of sp³-hybridized carbons (Fsp3) is 0.977. The highest BCUT2D eigenvalue weighted by atomic mass is 16.6. The summed E-state index contributed by atoms with van der Waals surface area (Å²) in [5, 5.41) is 0. The number of esters is 1. The van der Waals surface area contributed by atoms with Gasteiger partial charge in [-0.05, 0) is 38.9 Å². The van der Waals surface area contributed by atoms with Gasteiger partial charge in [0.2, 0.25) is 0 Å². The molecule has 5 nitrogen and oxygen atoms in total. The van der Waals surface area contributed by atoms with E-state index in [4.69, 9.17) is 14.2 Å². The monoisotopic (exact) mass is 682 g/mol. The molecule has 48 heavy (non-hydrogen) atoms. The average molecular weight is 682 g/mol. The average Bonchev–Trinajstić information content (AvgIpc) is 3.10. The summed E-state index contributed by atoms with van der Waals surface area (Å²) in [5.41, 5.74) is 0. The van der Waals surface area contributed by atoms with Gasteiger partial charge in [0.1, 0.15) is 12.7 Å². The van der Waals surface area contributed by atoms with Crippen molar-refractivity contribution < 1.29 is 19.0 Å². The Labute approximate surface area is 301 Å². The van der Waals surface area contributed by atoms with Gasteiger partial charge < -0.3 is 19.1 Å². The summed E-state index contributed by atoms with van der Waals surface area (Å²) in [5.74, 6) is -0.112. The van der Waals surface area contributed by atoms with Crippen molar-refractivity contribution in [2.45, 2.75) is 226 Å². The molecule has 0 fully saturated rings. The van der Waals surface area contributed by atoms with Crippen LogP contribution in [-0.4, -0.2) is 63.0 Å². The number of ether oxygens (including phenoxy) is 3. The van der Waals surface area contributed by atoms with Crippen molar-refractivity contribution >= 4 is 5.97 Å². The summed E-state index contributed by atoms with van der Waals surface area (Å²) in [7, 11) is 0. The zero-order valence-electron chi connectivity index (χ0n) is 33.3. The minimum absolute atomic E-state index is 0.112. The molecule has 0 radical (unpaired) electrons. The molecule has 1 atom stereocenters. The van der Waals surface area contributed by atoms with Crippen molar-refractivity contribution in [3.05, 3.63) is 0 Å². The Morgan fingerprint density at radius 2 is 0.833 bits per heavy atom. The summed E-state index contributed by atoms with van der Waals surface area (Å²) in [4.78, 5) is 14.8. The fourth-order valence-electron chi connectivity index (χ4n) is 6.55. The molecule has 288 valence electrons. The molecule has 5 heteroatoms. The maximum Gasteiger partial charge on any atom is 0.305 e. The Morgan fingerprint density at radius 1 is 0.458 bits per heavy atom. The molecule has 0 aromatic carbocycles. The number of hydrogen-bond acceptors (Lipinski definition) is 5. The van der Waals surface area contributed by atoms with Crippen LogP contribution in [0.2, 0.25) is 0 Å². The van der Waals surface area contributed by atoms with Crippen molar-refractivity contribution in [2.24, 2.45) is 0 Å². The molecule has 0 bridgehead atoms. The molecular weight excluding hydrogens is 594 g/mol. The van der Waals surface area contributed by atoms with Crippen LogP contribution >= 0.6 is 0 Å². The second-order valence-electron chi connectivity index (χ2n) is 14.6. The zero-order valence-corrected chi connectivity index (χ0v) is 33.3. The number of carbonyl (C=O) groups is 1. The van der Waals surface area contributed by atoms with Gasteiger partial charge in [0.25, 0.3) is 0 Å². The third-order valence-corrected chi connectivity index (χ3v) is 9.98. The van der Waals surface area contributed by atoms with Crippen LogP contribution in [0.25, 0.3) is 0 Å². The van der Waals surface area contributed by atoms with Crippen LogP contribution in [0.4, 0.5) is 0 Å². The van der Waals surface area contributed by atoms with E-state index in [1.165, 1.54) is 167 Å². The molecule has 0 heterocycles. The Kier molecular flexibility index (Phi) is 40.2. The van der Waals surface area contributed by atoms with E-state index in [-0.39, 0.29) is 12.1 Å². The number of unbranched alkanes of at least 4 members (excludes halogenated alkanes) is 26. The first-order valence-corrected chi connectivity index (χ1v) is 21.7. The summed E-state index contributed by atoms with van der Waals surface area (Å²) < 4.78 is 17.9. The van der Waals surface area contributed by atoms with Crippen molar-refractivity contribution in [2.75, 3.05) is 46.1 Å². The highest BCUT2D eigenvalue weighted by Gasteiger charge is 2.14. The lowest BCUT2D eigenvalue weighted by atomic mass is 10.0. The smallest absolute Gasteiger partial charge is 0.305 e. The lowest BCUT2D eigenvalue weighted by molar-refractivity contribution is -0.150. The second-order valence-corrected chi connectivity index (χ2v) is 14.6. The third kappa shape index (κ3) is 36.6. The first kappa shape index (κ1) is 47.4. The molecule has 1 unspecified atom stereocenters. The Bertz CT molecular complexity index is 612. The van der Waals surface area contributed by atoms with E-state index in [9.17, 15) is 4.79 Å².